The van der Waals surface area contributed by atoms with Gasteiger partial charge in [-0.05, 0) is 31.5 Å². The van der Waals surface area contributed by atoms with E-state index in [9.17, 15) is 4.39 Å². The molecular weight excluding hydrogens is 193 g/mol. The molecule has 0 amide bonds. The first-order valence-corrected chi connectivity index (χ1v) is 5.02. The molecule has 1 aromatic carbocycles. The highest BCUT2D eigenvalue weighted by atomic mass is 19.1. The summed E-state index contributed by atoms with van der Waals surface area (Å²) in [6, 6.07) is 6.51. The van der Waals surface area contributed by atoms with Gasteiger partial charge in [-0.2, -0.15) is 0 Å². The van der Waals surface area contributed by atoms with E-state index in [2.05, 4.69) is 19.2 Å². The van der Waals surface area contributed by atoms with Crippen LogP contribution in [0, 0.1) is 5.82 Å². The monoisotopic (exact) mass is 211 g/mol. The lowest BCUT2D eigenvalue weighted by molar-refractivity contribution is 0.128. The maximum absolute atomic E-state index is 12.6. The fourth-order valence-corrected chi connectivity index (χ4v) is 1.36. The van der Waals surface area contributed by atoms with Crippen molar-refractivity contribution >= 4 is 0 Å². The van der Waals surface area contributed by atoms with Crippen LogP contribution in [0.25, 0.3) is 0 Å². The van der Waals surface area contributed by atoms with Gasteiger partial charge >= 0.3 is 0 Å². The van der Waals surface area contributed by atoms with Gasteiger partial charge in [-0.15, -0.1) is 0 Å². The predicted molar refractivity (Wildman–Crippen MR) is 59.2 cm³/mol. The summed E-state index contributed by atoms with van der Waals surface area (Å²) in [5, 5.41) is 3.35. The van der Waals surface area contributed by atoms with Crippen LogP contribution in [0.4, 0.5) is 4.39 Å². The third kappa shape index (κ3) is 4.40. The maximum Gasteiger partial charge on any atom is 0.123 e. The van der Waals surface area contributed by atoms with Gasteiger partial charge in [0.15, 0.2) is 0 Å². The predicted octanol–water partition coefficient (Wildman–Crippen LogP) is 2.34. The summed E-state index contributed by atoms with van der Waals surface area (Å²) in [5.41, 5.74) is 1.00. The van der Waals surface area contributed by atoms with Gasteiger partial charge in [0.05, 0.1) is 6.61 Å². The Morgan fingerprint density at radius 3 is 2.40 bits per heavy atom. The quantitative estimate of drug-likeness (QED) is 0.807. The molecule has 0 aliphatic rings. The van der Waals surface area contributed by atoms with Gasteiger partial charge < -0.3 is 10.1 Å². The normalized spacial score (nSPS) is 11.7. The lowest BCUT2D eigenvalue weighted by Crippen LogP contribution is -2.42. The van der Waals surface area contributed by atoms with Crippen LogP contribution in [-0.2, 0) is 11.3 Å². The van der Waals surface area contributed by atoms with Gasteiger partial charge in [0.2, 0.25) is 0 Å². The first kappa shape index (κ1) is 12.1. The molecule has 0 radical (unpaired) electrons. The Balaban J connectivity index is 2.46. The van der Waals surface area contributed by atoms with Crippen molar-refractivity contribution in [2.24, 2.45) is 0 Å². The minimum absolute atomic E-state index is 0.0663. The molecule has 1 aromatic rings. The molecule has 0 heterocycles. The van der Waals surface area contributed by atoms with E-state index in [1.54, 1.807) is 19.2 Å². The molecule has 1 N–H and O–H groups in total. The van der Waals surface area contributed by atoms with Crippen LogP contribution in [0.15, 0.2) is 24.3 Å². The summed E-state index contributed by atoms with van der Waals surface area (Å²) in [6.07, 6.45) is 0. The van der Waals surface area contributed by atoms with Gasteiger partial charge in [-0.3, -0.25) is 0 Å². The Morgan fingerprint density at radius 1 is 1.27 bits per heavy atom. The zero-order valence-corrected chi connectivity index (χ0v) is 9.51. The molecule has 0 saturated carbocycles. The summed E-state index contributed by atoms with van der Waals surface area (Å²) in [4.78, 5) is 0. The number of nitrogens with one attached hydrogen (secondary N) is 1. The van der Waals surface area contributed by atoms with E-state index >= 15 is 0 Å². The Kier molecular flexibility index (Phi) is 4.24. The van der Waals surface area contributed by atoms with E-state index < -0.39 is 0 Å². The number of hydrogen-bond acceptors (Lipinski definition) is 2. The molecule has 0 unspecified atom stereocenters. The molecule has 0 spiro atoms. The molecule has 0 aliphatic heterocycles. The minimum Gasteiger partial charge on any atom is -0.383 e. The number of rotatable bonds is 5. The van der Waals surface area contributed by atoms with Crippen LogP contribution in [0.2, 0.25) is 0 Å². The number of hydrogen-bond donors (Lipinski definition) is 1. The van der Waals surface area contributed by atoms with Crippen LogP contribution in [0.5, 0.6) is 0 Å². The van der Waals surface area contributed by atoms with Crippen molar-refractivity contribution in [2.75, 3.05) is 13.7 Å². The zero-order chi connectivity index (χ0) is 11.3. The zero-order valence-electron chi connectivity index (χ0n) is 9.51. The highest BCUT2D eigenvalue weighted by molar-refractivity contribution is 5.16. The Hall–Kier alpha value is -0.930. The van der Waals surface area contributed by atoms with Crippen LogP contribution in [-0.4, -0.2) is 19.3 Å². The number of ether oxygens (including phenoxy) is 1. The molecule has 3 heteroatoms. The number of benzene rings is 1. The van der Waals surface area contributed by atoms with Gasteiger partial charge in [-0.25, -0.2) is 4.39 Å². The van der Waals surface area contributed by atoms with Gasteiger partial charge in [-0.1, -0.05) is 12.1 Å². The second kappa shape index (κ2) is 5.24. The molecule has 0 aliphatic carbocycles. The molecule has 15 heavy (non-hydrogen) atoms. The second-order valence-electron chi connectivity index (χ2n) is 4.30. The molecule has 0 saturated heterocycles. The average Bonchev–Trinajstić information content (AvgIpc) is 2.17. The summed E-state index contributed by atoms with van der Waals surface area (Å²) in [5.74, 6) is -0.199. The molecule has 0 fully saturated rings. The van der Waals surface area contributed by atoms with E-state index in [1.165, 1.54) is 12.1 Å². The lowest BCUT2D eigenvalue weighted by atomic mass is 10.1. The second-order valence-corrected chi connectivity index (χ2v) is 4.30. The van der Waals surface area contributed by atoms with Crippen molar-refractivity contribution in [1.29, 1.82) is 0 Å². The summed E-state index contributed by atoms with van der Waals surface area (Å²) >= 11 is 0. The Bertz CT molecular complexity index is 295. The number of halogens is 1. The van der Waals surface area contributed by atoms with E-state index in [0.717, 1.165) is 12.1 Å². The molecule has 1 rings (SSSR count). The maximum atomic E-state index is 12.6. The SMILES string of the molecule is COCC(C)(C)NCc1ccc(F)cc1. The molecular formula is C12H18FNO. The van der Waals surface area contributed by atoms with E-state index in [0.29, 0.717) is 6.61 Å². The highest BCUT2D eigenvalue weighted by Gasteiger charge is 2.15. The van der Waals surface area contributed by atoms with Gasteiger partial charge in [0.25, 0.3) is 0 Å². The third-order valence-corrected chi connectivity index (χ3v) is 2.19. The molecule has 2 nitrogen and oxygen atoms in total. The third-order valence-electron chi connectivity index (χ3n) is 2.19. The number of methoxy groups -OCH3 is 1. The van der Waals surface area contributed by atoms with Crippen molar-refractivity contribution < 1.29 is 9.13 Å². The summed E-state index contributed by atoms with van der Waals surface area (Å²) in [7, 11) is 1.68. The Labute approximate surface area is 90.4 Å². The van der Waals surface area contributed by atoms with Crippen molar-refractivity contribution in [1.82, 2.24) is 5.32 Å². The first-order valence-electron chi connectivity index (χ1n) is 5.02. The van der Waals surface area contributed by atoms with Crippen molar-refractivity contribution in [2.45, 2.75) is 25.9 Å². The van der Waals surface area contributed by atoms with E-state index in [-0.39, 0.29) is 11.4 Å². The largest absolute Gasteiger partial charge is 0.383 e. The topological polar surface area (TPSA) is 21.3 Å². The Morgan fingerprint density at radius 2 is 1.87 bits per heavy atom. The lowest BCUT2D eigenvalue weighted by Gasteiger charge is -2.25. The fraction of sp³-hybridized carbons (Fsp3) is 0.500. The fourth-order valence-electron chi connectivity index (χ4n) is 1.36. The highest BCUT2D eigenvalue weighted by Crippen LogP contribution is 2.07. The molecule has 0 aromatic heterocycles. The van der Waals surface area contributed by atoms with Gasteiger partial charge in [0.1, 0.15) is 5.82 Å². The van der Waals surface area contributed by atoms with Crippen LogP contribution in [0.1, 0.15) is 19.4 Å². The van der Waals surface area contributed by atoms with Crippen LogP contribution < -0.4 is 5.32 Å². The van der Waals surface area contributed by atoms with Crippen molar-refractivity contribution in [3.05, 3.63) is 35.6 Å². The summed E-state index contributed by atoms with van der Waals surface area (Å²) < 4.78 is 17.7. The minimum atomic E-state index is -0.199. The van der Waals surface area contributed by atoms with Crippen molar-refractivity contribution in [3.63, 3.8) is 0 Å². The summed E-state index contributed by atoms with van der Waals surface area (Å²) in [6.45, 7) is 5.50. The van der Waals surface area contributed by atoms with Gasteiger partial charge in [0, 0.05) is 19.2 Å². The van der Waals surface area contributed by atoms with Crippen LogP contribution in [0.3, 0.4) is 0 Å². The van der Waals surface area contributed by atoms with E-state index in [1.807, 2.05) is 0 Å². The first-order chi connectivity index (χ1) is 7.03. The average molecular weight is 211 g/mol. The van der Waals surface area contributed by atoms with Crippen LogP contribution >= 0.6 is 0 Å². The van der Waals surface area contributed by atoms with Crippen molar-refractivity contribution in [3.8, 4) is 0 Å². The smallest absolute Gasteiger partial charge is 0.123 e. The standard InChI is InChI=1S/C12H18FNO/c1-12(2,9-15-3)14-8-10-4-6-11(13)7-5-10/h4-7,14H,8-9H2,1-3H3. The van der Waals surface area contributed by atoms with E-state index in [4.69, 9.17) is 4.74 Å². The molecule has 0 bridgehead atoms. The molecule has 84 valence electrons. The molecule has 0 atom stereocenters.